The van der Waals surface area contributed by atoms with Crippen molar-refractivity contribution in [2.24, 2.45) is 0 Å². The fraction of sp³-hybridized carbons (Fsp3) is 0.692. The Balaban J connectivity index is 3.90. The molecule has 0 aromatic rings. The maximum atomic E-state index is 12.0. The van der Waals surface area contributed by atoms with Crippen molar-refractivity contribution in [3.05, 3.63) is 0 Å². The molecule has 0 saturated carbocycles. The number of hydrogen-bond acceptors (Lipinski definition) is 8. The number of hydrogen-bond donors (Lipinski definition) is 3. The van der Waals surface area contributed by atoms with Crippen molar-refractivity contribution in [2.45, 2.75) is 49.0 Å². The molecule has 0 radical (unpaired) electrons. The molecule has 0 aliphatic carbocycles. The van der Waals surface area contributed by atoms with E-state index in [1.165, 1.54) is 0 Å². The van der Waals surface area contributed by atoms with E-state index in [0.29, 0.717) is 0 Å². The van der Waals surface area contributed by atoms with Crippen LogP contribution >= 0.6 is 15.9 Å². The monoisotopic (exact) mass is 380 g/mol. The number of ketones is 4. The minimum absolute atomic E-state index is 0.778. The largest absolute Gasteiger partial charge is 0.376 e. The molecule has 22 heavy (non-hydrogen) atoms. The Labute approximate surface area is 134 Å². The number of ether oxygens (including phenoxy) is 1. The standard InChI is InChI=1S/C13H17BrO8/c1-6(15)10(19)5-22-13(14,9(4)18)12(21,8(3)17)11(10,20)7(2)16/h19-21H,5H2,1-4H3/t10-,11-,12+,13?/m0/s1. The molecule has 0 aromatic heterocycles. The molecule has 124 valence electrons. The molecule has 1 rings (SSSR count). The molecule has 4 atom stereocenters. The van der Waals surface area contributed by atoms with Crippen molar-refractivity contribution < 1.29 is 39.2 Å². The van der Waals surface area contributed by atoms with E-state index in [1.807, 2.05) is 0 Å². The lowest BCUT2D eigenvalue weighted by atomic mass is 9.61. The average molecular weight is 381 g/mol. The predicted molar refractivity (Wildman–Crippen MR) is 75.2 cm³/mol. The van der Waals surface area contributed by atoms with Gasteiger partial charge in [-0.05, 0) is 43.6 Å². The molecule has 8 nitrogen and oxygen atoms in total. The summed E-state index contributed by atoms with van der Waals surface area (Å²) in [6, 6.07) is 0. The van der Waals surface area contributed by atoms with Gasteiger partial charge in [-0.15, -0.1) is 0 Å². The zero-order chi connectivity index (χ0) is 17.7. The average Bonchev–Trinajstić information content (AvgIpc) is 2.39. The lowest BCUT2D eigenvalue weighted by molar-refractivity contribution is -0.296. The first-order valence-electron chi connectivity index (χ1n) is 6.27. The zero-order valence-electron chi connectivity index (χ0n) is 12.5. The van der Waals surface area contributed by atoms with Gasteiger partial charge in [0.25, 0.3) is 0 Å². The van der Waals surface area contributed by atoms with Gasteiger partial charge in [0, 0.05) is 0 Å². The van der Waals surface area contributed by atoms with E-state index >= 15 is 0 Å². The molecule has 1 heterocycles. The molecule has 1 aliphatic rings. The Hall–Kier alpha value is -1.00. The van der Waals surface area contributed by atoms with Crippen molar-refractivity contribution in [2.75, 3.05) is 6.61 Å². The number of carbonyl (C=O) groups excluding carboxylic acids is 4. The Bertz CT molecular complexity index is 524. The summed E-state index contributed by atoms with van der Waals surface area (Å²) in [6.07, 6.45) is 0. The third kappa shape index (κ3) is 1.89. The highest BCUT2D eigenvalue weighted by Gasteiger charge is 2.80. The first kappa shape index (κ1) is 19.0. The van der Waals surface area contributed by atoms with E-state index in [0.717, 1.165) is 27.7 Å². The molecular formula is C13H17BrO8. The van der Waals surface area contributed by atoms with Crippen LogP contribution in [0.25, 0.3) is 0 Å². The number of aliphatic hydroxyl groups is 3. The molecule has 3 N–H and O–H groups in total. The summed E-state index contributed by atoms with van der Waals surface area (Å²) in [5.41, 5.74) is -9.38. The van der Waals surface area contributed by atoms with Gasteiger partial charge in [0.2, 0.25) is 15.7 Å². The van der Waals surface area contributed by atoms with Gasteiger partial charge in [0.15, 0.2) is 28.7 Å². The number of Topliss-reactive ketones (excluding diaryl/α,β-unsaturated/α-hetero) is 4. The van der Waals surface area contributed by atoms with Crippen molar-refractivity contribution in [3.8, 4) is 0 Å². The van der Waals surface area contributed by atoms with Gasteiger partial charge in [0.1, 0.15) is 0 Å². The minimum Gasteiger partial charge on any atom is -0.376 e. The summed E-state index contributed by atoms with van der Waals surface area (Å²) in [4.78, 5) is 47.7. The van der Waals surface area contributed by atoms with Gasteiger partial charge in [-0.2, -0.15) is 0 Å². The van der Waals surface area contributed by atoms with Crippen LogP contribution in [0.15, 0.2) is 0 Å². The lowest BCUT2D eigenvalue weighted by Crippen LogP contribution is -2.86. The molecule has 0 bridgehead atoms. The Kier molecular flexibility index (Phi) is 4.57. The fourth-order valence-corrected chi connectivity index (χ4v) is 3.37. The van der Waals surface area contributed by atoms with Gasteiger partial charge < -0.3 is 20.1 Å². The summed E-state index contributed by atoms with van der Waals surface area (Å²) in [5, 5.41) is 32.0. The number of halogens is 1. The molecule has 0 aromatic carbocycles. The molecule has 0 amide bonds. The highest BCUT2D eigenvalue weighted by Crippen LogP contribution is 2.51. The van der Waals surface area contributed by atoms with Gasteiger partial charge >= 0.3 is 0 Å². The quantitative estimate of drug-likeness (QED) is 0.509. The summed E-state index contributed by atoms with van der Waals surface area (Å²) >= 11 is 2.75. The number of carbonyl (C=O) groups is 4. The third-order valence-electron chi connectivity index (χ3n) is 4.12. The summed E-state index contributed by atoms with van der Waals surface area (Å²) in [7, 11) is 0. The van der Waals surface area contributed by atoms with Crippen LogP contribution in [0.2, 0.25) is 0 Å². The van der Waals surface area contributed by atoms with Gasteiger partial charge in [0.05, 0.1) is 6.61 Å². The molecule has 1 fully saturated rings. The van der Waals surface area contributed by atoms with Crippen LogP contribution in [0, 0.1) is 0 Å². The predicted octanol–water partition coefficient (Wildman–Crippen LogP) is -1.34. The van der Waals surface area contributed by atoms with Crippen LogP contribution in [-0.4, -0.2) is 66.4 Å². The second-order valence-corrected chi connectivity index (χ2v) is 6.51. The van der Waals surface area contributed by atoms with Gasteiger partial charge in [-0.25, -0.2) is 0 Å². The van der Waals surface area contributed by atoms with Crippen LogP contribution in [0.3, 0.4) is 0 Å². The SMILES string of the molecule is CC(=O)C1(Br)OC[C@](O)(C(C)=O)[C@@](O)(C(C)=O)[C@]1(O)C(C)=O. The smallest absolute Gasteiger partial charge is 0.220 e. The van der Waals surface area contributed by atoms with Crippen molar-refractivity contribution in [1.82, 2.24) is 0 Å². The van der Waals surface area contributed by atoms with Crippen molar-refractivity contribution >= 4 is 39.1 Å². The Morgan fingerprint density at radius 2 is 1.23 bits per heavy atom. The van der Waals surface area contributed by atoms with Crippen LogP contribution in [0.1, 0.15) is 27.7 Å². The molecular weight excluding hydrogens is 364 g/mol. The highest BCUT2D eigenvalue weighted by atomic mass is 79.9. The molecule has 9 heteroatoms. The maximum absolute atomic E-state index is 12.0. The molecule has 0 spiro atoms. The zero-order valence-corrected chi connectivity index (χ0v) is 14.1. The van der Waals surface area contributed by atoms with E-state index < -0.39 is 51.1 Å². The second-order valence-electron chi connectivity index (χ2n) is 5.39. The topological polar surface area (TPSA) is 138 Å². The van der Waals surface area contributed by atoms with E-state index in [-0.39, 0.29) is 0 Å². The van der Waals surface area contributed by atoms with E-state index in [4.69, 9.17) is 4.74 Å². The summed E-state index contributed by atoms with van der Waals surface area (Å²) in [6.45, 7) is 2.40. The molecule has 1 saturated heterocycles. The Morgan fingerprint density at radius 3 is 1.50 bits per heavy atom. The molecule has 1 aliphatic heterocycles. The van der Waals surface area contributed by atoms with E-state index in [9.17, 15) is 34.5 Å². The van der Waals surface area contributed by atoms with E-state index in [1.54, 1.807) is 0 Å². The van der Waals surface area contributed by atoms with Gasteiger partial charge in [-0.3, -0.25) is 19.2 Å². The summed E-state index contributed by atoms with van der Waals surface area (Å²) in [5.74, 6) is -4.55. The van der Waals surface area contributed by atoms with Crippen LogP contribution in [-0.2, 0) is 23.9 Å². The van der Waals surface area contributed by atoms with E-state index in [2.05, 4.69) is 15.9 Å². The second kappa shape index (κ2) is 5.27. The normalized spacial score (nSPS) is 41.8. The summed E-state index contributed by atoms with van der Waals surface area (Å²) < 4.78 is 2.55. The van der Waals surface area contributed by atoms with Crippen molar-refractivity contribution in [1.29, 1.82) is 0 Å². The third-order valence-corrected chi connectivity index (χ3v) is 5.48. The number of alkyl halides is 1. The fourth-order valence-electron chi connectivity index (χ4n) is 2.68. The number of rotatable bonds is 4. The maximum Gasteiger partial charge on any atom is 0.220 e. The van der Waals surface area contributed by atoms with Crippen LogP contribution in [0.5, 0.6) is 0 Å². The lowest BCUT2D eigenvalue weighted by Gasteiger charge is -2.57. The van der Waals surface area contributed by atoms with Crippen LogP contribution < -0.4 is 0 Å². The first-order valence-corrected chi connectivity index (χ1v) is 7.07. The van der Waals surface area contributed by atoms with Crippen molar-refractivity contribution in [3.63, 3.8) is 0 Å². The molecule has 1 unspecified atom stereocenters. The minimum atomic E-state index is -3.27. The first-order chi connectivity index (χ1) is 9.73. The van der Waals surface area contributed by atoms with Gasteiger partial charge in [-0.1, -0.05) is 0 Å². The van der Waals surface area contributed by atoms with Crippen LogP contribution in [0.4, 0.5) is 0 Å². The Morgan fingerprint density at radius 1 is 0.818 bits per heavy atom. The highest BCUT2D eigenvalue weighted by molar-refractivity contribution is 9.10.